The Balaban J connectivity index is 2.58. The van der Waals surface area contributed by atoms with Gasteiger partial charge in [-0.2, -0.15) is 0 Å². The van der Waals surface area contributed by atoms with E-state index >= 15 is 0 Å². The Labute approximate surface area is 122 Å². The van der Waals surface area contributed by atoms with Crippen molar-refractivity contribution in [1.82, 2.24) is 0 Å². The quantitative estimate of drug-likeness (QED) is 0.897. The number of carbonyl (C=O) groups is 1. The average molecular weight is 288 g/mol. The molecule has 0 saturated carbocycles. The Morgan fingerprint density at radius 3 is 2.38 bits per heavy atom. The van der Waals surface area contributed by atoms with Gasteiger partial charge in [0, 0.05) is 11.5 Å². The molecular weight excluding hydrogens is 271 g/mol. The zero-order valence-electron chi connectivity index (χ0n) is 12.1. The highest BCUT2D eigenvalue weighted by atomic mass is 19.1. The second-order valence-corrected chi connectivity index (χ2v) is 5.28. The molecule has 2 aromatic rings. The minimum Gasteiger partial charge on any atom is -0.507 e. The molecule has 0 aliphatic carbocycles. The highest BCUT2D eigenvalue weighted by Gasteiger charge is 2.21. The predicted molar refractivity (Wildman–Crippen MR) is 78.5 cm³/mol. The summed E-state index contributed by atoms with van der Waals surface area (Å²) >= 11 is 0. The van der Waals surface area contributed by atoms with Gasteiger partial charge in [0.25, 0.3) is 0 Å². The SMILES string of the molecule is Cc1ccc(C(C)c2cc(F)cc(C(=O)O)c2O)c(C)c1. The van der Waals surface area contributed by atoms with E-state index in [2.05, 4.69) is 0 Å². The lowest BCUT2D eigenvalue weighted by atomic mass is 9.87. The first kappa shape index (κ1) is 15.0. The monoisotopic (exact) mass is 288 g/mol. The molecule has 2 aromatic carbocycles. The fourth-order valence-electron chi connectivity index (χ4n) is 2.59. The molecule has 0 spiro atoms. The van der Waals surface area contributed by atoms with Crippen molar-refractivity contribution in [3.8, 4) is 5.75 Å². The van der Waals surface area contributed by atoms with Crippen molar-refractivity contribution in [1.29, 1.82) is 0 Å². The van der Waals surface area contributed by atoms with Gasteiger partial charge in [-0.3, -0.25) is 0 Å². The van der Waals surface area contributed by atoms with Crippen LogP contribution in [0.25, 0.3) is 0 Å². The molecule has 0 aromatic heterocycles. The summed E-state index contributed by atoms with van der Waals surface area (Å²) in [5.74, 6) is -2.70. The molecule has 4 heteroatoms. The molecule has 0 amide bonds. The van der Waals surface area contributed by atoms with Crippen LogP contribution in [0, 0.1) is 19.7 Å². The lowest BCUT2D eigenvalue weighted by Gasteiger charge is -2.18. The van der Waals surface area contributed by atoms with E-state index < -0.39 is 17.3 Å². The van der Waals surface area contributed by atoms with Gasteiger partial charge in [-0.1, -0.05) is 30.7 Å². The number of phenols is 1. The van der Waals surface area contributed by atoms with E-state index in [1.807, 2.05) is 39.0 Å². The third-order valence-electron chi connectivity index (χ3n) is 3.69. The second kappa shape index (κ2) is 5.56. The molecule has 1 atom stereocenters. The number of halogens is 1. The van der Waals surface area contributed by atoms with Gasteiger partial charge in [0.05, 0.1) is 0 Å². The molecule has 0 aliphatic rings. The molecule has 1 unspecified atom stereocenters. The molecule has 110 valence electrons. The van der Waals surface area contributed by atoms with E-state index in [0.717, 1.165) is 22.8 Å². The van der Waals surface area contributed by atoms with E-state index in [1.165, 1.54) is 6.07 Å². The van der Waals surface area contributed by atoms with Crippen LogP contribution >= 0.6 is 0 Å². The van der Waals surface area contributed by atoms with Crippen LogP contribution in [0.15, 0.2) is 30.3 Å². The van der Waals surface area contributed by atoms with Crippen LogP contribution in [0.4, 0.5) is 4.39 Å². The van der Waals surface area contributed by atoms with E-state index in [-0.39, 0.29) is 17.2 Å². The molecular formula is C17H17FO3. The van der Waals surface area contributed by atoms with Crippen LogP contribution in [0.2, 0.25) is 0 Å². The number of aromatic carboxylic acids is 1. The lowest BCUT2D eigenvalue weighted by Crippen LogP contribution is -2.05. The normalized spacial score (nSPS) is 12.2. The minimum absolute atomic E-state index is 0.277. The lowest BCUT2D eigenvalue weighted by molar-refractivity contribution is 0.0693. The molecule has 0 heterocycles. The Kier molecular flexibility index (Phi) is 3.98. The maximum atomic E-state index is 13.6. The van der Waals surface area contributed by atoms with Crippen molar-refractivity contribution >= 4 is 5.97 Å². The van der Waals surface area contributed by atoms with Gasteiger partial charge < -0.3 is 10.2 Å². The van der Waals surface area contributed by atoms with E-state index in [0.29, 0.717) is 0 Å². The summed E-state index contributed by atoms with van der Waals surface area (Å²) in [7, 11) is 0. The second-order valence-electron chi connectivity index (χ2n) is 5.28. The molecule has 0 saturated heterocycles. The Hall–Kier alpha value is -2.36. The smallest absolute Gasteiger partial charge is 0.339 e. The number of hydrogen-bond donors (Lipinski definition) is 2. The van der Waals surface area contributed by atoms with Crippen molar-refractivity contribution in [2.24, 2.45) is 0 Å². The van der Waals surface area contributed by atoms with Crippen molar-refractivity contribution in [2.45, 2.75) is 26.7 Å². The number of carboxylic acid groups (broad SMARTS) is 1. The summed E-state index contributed by atoms with van der Waals surface area (Å²) in [4.78, 5) is 11.1. The number of aryl methyl sites for hydroxylation is 2. The number of benzene rings is 2. The maximum absolute atomic E-state index is 13.6. The first-order chi connectivity index (χ1) is 9.81. The summed E-state index contributed by atoms with van der Waals surface area (Å²) in [5, 5.41) is 19.1. The fraction of sp³-hybridized carbons (Fsp3) is 0.235. The van der Waals surface area contributed by atoms with Crippen LogP contribution in [-0.4, -0.2) is 16.2 Å². The van der Waals surface area contributed by atoms with Crippen LogP contribution < -0.4 is 0 Å². The first-order valence-electron chi connectivity index (χ1n) is 6.64. The van der Waals surface area contributed by atoms with Crippen LogP contribution in [0.5, 0.6) is 5.75 Å². The number of rotatable bonds is 3. The summed E-state index contributed by atoms with van der Waals surface area (Å²) in [5.41, 5.74) is 2.92. The van der Waals surface area contributed by atoms with Crippen molar-refractivity contribution in [2.75, 3.05) is 0 Å². The third kappa shape index (κ3) is 2.89. The summed E-state index contributed by atoms with van der Waals surface area (Å²) < 4.78 is 13.6. The third-order valence-corrected chi connectivity index (χ3v) is 3.69. The summed E-state index contributed by atoms with van der Waals surface area (Å²) in [6, 6.07) is 7.87. The maximum Gasteiger partial charge on any atom is 0.339 e. The molecule has 0 fully saturated rings. The Morgan fingerprint density at radius 1 is 1.14 bits per heavy atom. The minimum atomic E-state index is -1.35. The summed E-state index contributed by atoms with van der Waals surface area (Å²) in [6.45, 7) is 5.73. The van der Waals surface area contributed by atoms with Crippen LogP contribution in [0.1, 0.15) is 45.5 Å². The molecule has 2 N–H and O–H groups in total. The number of aromatic hydroxyl groups is 1. The average Bonchev–Trinajstić information content (AvgIpc) is 2.40. The zero-order chi connectivity index (χ0) is 15.7. The van der Waals surface area contributed by atoms with E-state index in [9.17, 15) is 14.3 Å². The molecule has 2 rings (SSSR count). The van der Waals surface area contributed by atoms with Crippen molar-refractivity contribution in [3.63, 3.8) is 0 Å². The zero-order valence-corrected chi connectivity index (χ0v) is 12.1. The van der Waals surface area contributed by atoms with E-state index in [1.54, 1.807) is 0 Å². The largest absolute Gasteiger partial charge is 0.507 e. The highest BCUT2D eigenvalue weighted by Crippen LogP contribution is 2.35. The Bertz CT molecular complexity index is 707. The van der Waals surface area contributed by atoms with Gasteiger partial charge in [-0.05, 0) is 37.1 Å². The van der Waals surface area contributed by atoms with Crippen LogP contribution in [0.3, 0.4) is 0 Å². The Morgan fingerprint density at radius 2 is 1.81 bits per heavy atom. The summed E-state index contributed by atoms with van der Waals surface area (Å²) in [6.07, 6.45) is 0. The molecule has 0 bridgehead atoms. The molecule has 0 aliphatic heterocycles. The number of hydrogen-bond acceptors (Lipinski definition) is 2. The molecule has 21 heavy (non-hydrogen) atoms. The van der Waals surface area contributed by atoms with Gasteiger partial charge in [0.1, 0.15) is 17.1 Å². The standard InChI is InChI=1S/C17H17FO3/c1-9-4-5-13(10(2)6-9)11(3)14-7-12(18)8-15(16(14)19)17(20)21/h4-8,11,19H,1-3H3,(H,20,21). The highest BCUT2D eigenvalue weighted by molar-refractivity contribution is 5.91. The van der Waals surface area contributed by atoms with Gasteiger partial charge in [-0.25, -0.2) is 9.18 Å². The number of carboxylic acids is 1. The van der Waals surface area contributed by atoms with Gasteiger partial charge >= 0.3 is 5.97 Å². The van der Waals surface area contributed by atoms with Gasteiger partial charge in [0.2, 0.25) is 0 Å². The van der Waals surface area contributed by atoms with Crippen molar-refractivity contribution < 1.29 is 19.4 Å². The fourth-order valence-corrected chi connectivity index (χ4v) is 2.59. The van der Waals surface area contributed by atoms with Gasteiger partial charge in [0.15, 0.2) is 0 Å². The topological polar surface area (TPSA) is 57.5 Å². The van der Waals surface area contributed by atoms with E-state index in [4.69, 9.17) is 5.11 Å². The molecule has 0 radical (unpaired) electrons. The van der Waals surface area contributed by atoms with Crippen LogP contribution in [-0.2, 0) is 0 Å². The van der Waals surface area contributed by atoms with Gasteiger partial charge in [-0.15, -0.1) is 0 Å². The molecule has 3 nitrogen and oxygen atoms in total. The predicted octanol–water partition coefficient (Wildman–Crippen LogP) is 4.00. The first-order valence-corrected chi connectivity index (χ1v) is 6.64. The van der Waals surface area contributed by atoms with Crippen molar-refractivity contribution in [3.05, 3.63) is 64.0 Å².